The molecule has 3 aromatic heterocycles. The zero-order chi connectivity index (χ0) is 18.1. The number of hydrogen-bond acceptors (Lipinski definition) is 7. The van der Waals surface area contributed by atoms with Crippen LogP contribution in [0.15, 0.2) is 35.9 Å². The summed E-state index contributed by atoms with van der Waals surface area (Å²) in [5, 5.41) is 4.45. The molecule has 0 N–H and O–H groups in total. The van der Waals surface area contributed by atoms with Gasteiger partial charge >= 0.3 is 0 Å². The molecule has 1 aliphatic heterocycles. The van der Waals surface area contributed by atoms with Crippen molar-refractivity contribution in [3.05, 3.63) is 41.5 Å². The molecule has 0 unspecified atom stereocenters. The molecular weight excluding hydrogens is 336 g/mol. The lowest BCUT2D eigenvalue weighted by Crippen LogP contribution is -2.50. The summed E-state index contributed by atoms with van der Waals surface area (Å²) in [6.07, 6.45) is 7.88. The van der Waals surface area contributed by atoms with Crippen molar-refractivity contribution in [1.29, 1.82) is 0 Å². The molecule has 0 atom stereocenters. The molecule has 4 rings (SSSR count). The molecule has 0 spiro atoms. The van der Waals surface area contributed by atoms with Crippen molar-refractivity contribution < 1.29 is 4.79 Å². The number of aryl methyl sites for hydroxylation is 1. The first-order valence-electron chi connectivity index (χ1n) is 8.29. The summed E-state index contributed by atoms with van der Waals surface area (Å²) in [5.74, 6) is 0.706. The Bertz CT molecular complexity index is 988. The predicted octanol–water partition coefficient (Wildman–Crippen LogP) is -0.731. The molecule has 0 bridgehead atoms. The van der Waals surface area contributed by atoms with E-state index in [4.69, 9.17) is 0 Å². The highest BCUT2D eigenvalue weighted by atomic mass is 16.2. The molecule has 0 radical (unpaired) electrons. The SMILES string of the molecule is Cn1ncc2c(=O)n(CC(=O)N3CCN(c4cnccn4)CC3)cnc21. The molecule has 0 aromatic carbocycles. The number of piperazine rings is 1. The highest BCUT2D eigenvalue weighted by Gasteiger charge is 2.22. The molecule has 1 saturated heterocycles. The van der Waals surface area contributed by atoms with Crippen LogP contribution in [0.2, 0.25) is 0 Å². The maximum atomic E-state index is 12.6. The van der Waals surface area contributed by atoms with Gasteiger partial charge in [0.25, 0.3) is 5.56 Å². The first kappa shape index (κ1) is 16.2. The minimum atomic E-state index is -0.255. The fraction of sp³-hybridized carbons (Fsp3) is 0.375. The zero-order valence-electron chi connectivity index (χ0n) is 14.3. The Morgan fingerprint density at radius 2 is 1.92 bits per heavy atom. The van der Waals surface area contributed by atoms with Gasteiger partial charge in [-0.15, -0.1) is 0 Å². The number of amides is 1. The van der Waals surface area contributed by atoms with Gasteiger partial charge in [0.2, 0.25) is 5.91 Å². The van der Waals surface area contributed by atoms with Gasteiger partial charge in [0, 0.05) is 45.6 Å². The molecule has 4 heterocycles. The van der Waals surface area contributed by atoms with Gasteiger partial charge in [-0.25, -0.2) is 9.97 Å². The standard InChI is InChI=1S/C16H18N8O2/c1-21-15-12(8-20-21)16(26)24(11-19-15)10-14(25)23-6-4-22(5-7-23)13-9-17-2-3-18-13/h2-3,8-9,11H,4-7,10H2,1H3. The molecule has 10 heteroatoms. The van der Waals surface area contributed by atoms with Crippen molar-refractivity contribution in [1.82, 2.24) is 34.2 Å². The molecular formula is C16H18N8O2. The van der Waals surface area contributed by atoms with Crippen LogP contribution in [0.4, 0.5) is 5.82 Å². The minimum absolute atomic E-state index is 0.0260. The van der Waals surface area contributed by atoms with Crippen molar-refractivity contribution in [2.75, 3.05) is 31.1 Å². The summed E-state index contributed by atoms with van der Waals surface area (Å²) in [7, 11) is 1.72. The van der Waals surface area contributed by atoms with Crippen LogP contribution in [-0.4, -0.2) is 66.3 Å². The Morgan fingerprint density at radius 3 is 2.65 bits per heavy atom. The van der Waals surface area contributed by atoms with E-state index in [0.29, 0.717) is 37.2 Å². The fourth-order valence-corrected chi connectivity index (χ4v) is 3.06. The lowest BCUT2D eigenvalue weighted by atomic mass is 10.3. The van der Waals surface area contributed by atoms with E-state index in [0.717, 1.165) is 5.82 Å². The average molecular weight is 354 g/mol. The normalized spacial score (nSPS) is 14.8. The third kappa shape index (κ3) is 2.89. The Kier molecular flexibility index (Phi) is 4.07. The Labute approximate surface area is 148 Å². The maximum absolute atomic E-state index is 12.6. The van der Waals surface area contributed by atoms with Crippen LogP contribution >= 0.6 is 0 Å². The van der Waals surface area contributed by atoms with Crippen molar-refractivity contribution in [2.45, 2.75) is 6.54 Å². The third-order valence-electron chi connectivity index (χ3n) is 4.53. The summed E-state index contributed by atoms with van der Waals surface area (Å²) >= 11 is 0. The first-order chi connectivity index (χ1) is 12.6. The van der Waals surface area contributed by atoms with Gasteiger partial charge in [-0.05, 0) is 0 Å². The molecule has 1 fully saturated rings. The fourth-order valence-electron chi connectivity index (χ4n) is 3.06. The van der Waals surface area contributed by atoms with Crippen LogP contribution in [0.5, 0.6) is 0 Å². The van der Waals surface area contributed by atoms with E-state index in [-0.39, 0.29) is 18.0 Å². The number of aromatic nitrogens is 6. The molecule has 1 aliphatic rings. The third-order valence-corrected chi connectivity index (χ3v) is 4.53. The molecule has 134 valence electrons. The number of carbonyl (C=O) groups excluding carboxylic acids is 1. The zero-order valence-corrected chi connectivity index (χ0v) is 14.3. The van der Waals surface area contributed by atoms with Crippen LogP contribution in [0, 0.1) is 0 Å². The van der Waals surface area contributed by atoms with Crippen molar-refractivity contribution in [3.8, 4) is 0 Å². The summed E-state index contributed by atoms with van der Waals surface area (Å²) < 4.78 is 2.87. The summed E-state index contributed by atoms with van der Waals surface area (Å²) in [4.78, 5) is 41.5. The van der Waals surface area contributed by atoms with Crippen LogP contribution in [0.1, 0.15) is 0 Å². The van der Waals surface area contributed by atoms with Gasteiger partial charge < -0.3 is 9.80 Å². The van der Waals surface area contributed by atoms with Crippen LogP contribution < -0.4 is 10.5 Å². The Hall–Kier alpha value is -3.30. The first-order valence-corrected chi connectivity index (χ1v) is 8.29. The number of hydrogen-bond donors (Lipinski definition) is 0. The molecule has 26 heavy (non-hydrogen) atoms. The highest BCUT2D eigenvalue weighted by molar-refractivity contribution is 5.77. The minimum Gasteiger partial charge on any atom is -0.352 e. The summed E-state index contributed by atoms with van der Waals surface area (Å²) in [5.41, 5.74) is 0.255. The number of anilines is 1. The molecule has 0 saturated carbocycles. The molecule has 1 amide bonds. The lowest BCUT2D eigenvalue weighted by molar-refractivity contribution is -0.132. The van der Waals surface area contributed by atoms with Gasteiger partial charge in [0.1, 0.15) is 24.1 Å². The lowest BCUT2D eigenvalue weighted by Gasteiger charge is -2.35. The van der Waals surface area contributed by atoms with E-state index < -0.39 is 0 Å². The second-order valence-corrected chi connectivity index (χ2v) is 6.11. The Morgan fingerprint density at radius 1 is 1.12 bits per heavy atom. The monoisotopic (exact) mass is 354 g/mol. The van der Waals surface area contributed by atoms with Crippen molar-refractivity contribution >= 4 is 22.8 Å². The quantitative estimate of drug-likeness (QED) is 0.611. The van der Waals surface area contributed by atoms with E-state index in [9.17, 15) is 9.59 Å². The van der Waals surface area contributed by atoms with E-state index in [1.165, 1.54) is 21.8 Å². The largest absolute Gasteiger partial charge is 0.352 e. The Balaban J connectivity index is 1.43. The average Bonchev–Trinajstić information content (AvgIpc) is 3.06. The van der Waals surface area contributed by atoms with Gasteiger partial charge in [-0.1, -0.05) is 0 Å². The van der Waals surface area contributed by atoms with Gasteiger partial charge in [0.05, 0.1) is 12.4 Å². The smallest absolute Gasteiger partial charge is 0.264 e. The maximum Gasteiger partial charge on any atom is 0.264 e. The van der Waals surface area contributed by atoms with Crippen molar-refractivity contribution in [2.24, 2.45) is 7.05 Å². The van der Waals surface area contributed by atoms with Gasteiger partial charge in [-0.2, -0.15) is 5.10 Å². The van der Waals surface area contributed by atoms with E-state index in [2.05, 4.69) is 25.0 Å². The number of fused-ring (bicyclic) bond motifs is 1. The van der Waals surface area contributed by atoms with E-state index in [1.54, 1.807) is 30.5 Å². The van der Waals surface area contributed by atoms with Crippen molar-refractivity contribution in [3.63, 3.8) is 0 Å². The molecule has 0 aliphatic carbocycles. The van der Waals surface area contributed by atoms with Gasteiger partial charge in [-0.3, -0.25) is 23.8 Å². The predicted molar refractivity (Wildman–Crippen MR) is 93.6 cm³/mol. The molecule has 3 aromatic rings. The number of nitrogens with zero attached hydrogens (tertiary/aromatic N) is 8. The highest BCUT2D eigenvalue weighted by Crippen LogP contribution is 2.12. The van der Waals surface area contributed by atoms with E-state index in [1.807, 2.05) is 0 Å². The van der Waals surface area contributed by atoms with Gasteiger partial charge in [0.15, 0.2) is 5.65 Å². The van der Waals surface area contributed by atoms with E-state index >= 15 is 0 Å². The summed E-state index contributed by atoms with van der Waals surface area (Å²) in [6.45, 7) is 2.49. The summed E-state index contributed by atoms with van der Waals surface area (Å²) in [6, 6.07) is 0. The van der Waals surface area contributed by atoms with Crippen LogP contribution in [-0.2, 0) is 18.4 Å². The second-order valence-electron chi connectivity index (χ2n) is 6.11. The second kappa shape index (κ2) is 6.54. The van der Waals surface area contributed by atoms with Crippen LogP contribution in [0.3, 0.4) is 0 Å². The number of rotatable bonds is 3. The molecule has 10 nitrogen and oxygen atoms in total. The van der Waals surface area contributed by atoms with Crippen LogP contribution in [0.25, 0.3) is 11.0 Å². The number of carbonyl (C=O) groups is 1. The topological polar surface area (TPSA) is 102 Å².